The summed E-state index contributed by atoms with van der Waals surface area (Å²) in [6, 6.07) is 8.55. The SMILES string of the molecule is CC(=O)NC(Cc1ccc(-c2ccnn2C)cc1)C(=O)O. The van der Waals surface area contributed by atoms with Crippen LogP contribution in [0.5, 0.6) is 0 Å². The highest BCUT2D eigenvalue weighted by Crippen LogP contribution is 2.19. The van der Waals surface area contributed by atoms with Crippen molar-refractivity contribution in [1.82, 2.24) is 15.1 Å². The average molecular weight is 287 g/mol. The number of carboxylic acid groups (broad SMARTS) is 1. The van der Waals surface area contributed by atoms with Crippen molar-refractivity contribution in [3.8, 4) is 11.3 Å². The first kappa shape index (κ1) is 14.8. The van der Waals surface area contributed by atoms with E-state index in [4.69, 9.17) is 5.11 Å². The average Bonchev–Trinajstić information content (AvgIpc) is 2.84. The van der Waals surface area contributed by atoms with Crippen LogP contribution < -0.4 is 5.32 Å². The van der Waals surface area contributed by atoms with E-state index in [-0.39, 0.29) is 12.3 Å². The fourth-order valence-electron chi connectivity index (χ4n) is 2.15. The molecular formula is C15H17N3O3. The molecule has 2 aromatic rings. The van der Waals surface area contributed by atoms with Crippen LogP contribution >= 0.6 is 0 Å². The van der Waals surface area contributed by atoms with Gasteiger partial charge in [0.15, 0.2) is 0 Å². The molecule has 0 aliphatic carbocycles. The summed E-state index contributed by atoms with van der Waals surface area (Å²) in [4.78, 5) is 22.1. The zero-order valence-corrected chi connectivity index (χ0v) is 11.9. The first-order valence-corrected chi connectivity index (χ1v) is 6.54. The van der Waals surface area contributed by atoms with E-state index in [0.29, 0.717) is 0 Å². The Kier molecular flexibility index (Phi) is 4.37. The standard InChI is InChI=1S/C15H17N3O3/c1-10(19)17-13(15(20)21)9-11-3-5-12(6-4-11)14-7-8-16-18(14)2/h3-8,13H,9H2,1-2H3,(H,17,19)(H,20,21). The van der Waals surface area contributed by atoms with Crippen molar-refractivity contribution < 1.29 is 14.7 Å². The largest absolute Gasteiger partial charge is 0.480 e. The number of carbonyl (C=O) groups is 2. The zero-order valence-electron chi connectivity index (χ0n) is 11.9. The van der Waals surface area contributed by atoms with Crippen molar-refractivity contribution in [2.45, 2.75) is 19.4 Å². The van der Waals surface area contributed by atoms with Gasteiger partial charge in [0.05, 0.1) is 5.69 Å². The normalized spacial score (nSPS) is 11.9. The maximum atomic E-state index is 11.1. The molecule has 1 unspecified atom stereocenters. The van der Waals surface area contributed by atoms with Crippen LogP contribution in [0.3, 0.4) is 0 Å². The lowest BCUT2D eigenvalue weighted by Gasteiger charge is -2.13. The maximum absolute atomic E-state index is 11.1. The highest BCUT2D eigenvalue weighted by molar-refractivity contribution is 5.82. The molecule has 1 amide bonds. The van der Waals surface area contributed by atoms with Crippen molar-refractivity contribution in [2.24, 2.45) is 7.05 Å². The molecule has 0 saturated heterocycles. The van der Waals surface area contributed by atoms with Crippen LogP contribution in [0.4, 0.5) is 0 Å². The van der Waals surface area contributed by atoms with Gasteiger partial charge in [0.2, 0.25) is 5.91 Å². The summed E-state index contributed by atoms with van der Waals surface area (Å²) in [6.45, 7) is 1.31. The van der Waals surface area contributed by atoms with Gasteiger partial charge < -0.3 is 10.4 Å². The van der Waals surface area contributed by atoms with Gasteiger partial charge in [0.25, 0.3) is 0 Å². The van der Waals surface area contributed by atoms with Crippen LogP contribution in [-0.2, 0) is 23.1 Å². The molecule has 0 fully saturated rings. The number of hydrogen-bond acceptors (Lipinski definition) is 3. The monoisotopic (exact) mass is 287 g/mol. The molecule has 0 bridgehead atoms. The third-order valence-electron chi connectivity index (χ3n) is 3.19. The van der Waals surface area contributed by atoms with Gasteiger partial charge in [-0.1, -0.05) is 24.3 Å². The van der Waals surface area contributed by atoms with E-state index in [1.807, 2.05) is 37.4 Å². The quantitative estimate of drug-likeness (QED) is 0.866. The van der Waals surface area contributed by atoms with E-state index >= 15 is 0 Å². The van der Waals surface area contributed by atoms with Gasteiger partial charge in [0, 0.05) is 26.6 Å². The minimum absolute atomic E-state index is 0.251. The number of benzene rings is 1. The number of aliphatic carboxylic acids is 1. The highest BCUT2D eigenvalue weighted by Gasteiger charge is 2.18. The number of aryl methyl sites for hydroxylation is 1. The number of carboxylic acids is 1. The van der Waals surface area contributed by atoms with E-state index < -0.39 is 12.0 Å². The molecule has 1 heterocycles. The Labute approximate surface area is 122 Å². The van der Waals surface area contributed by atoms with E-state index in [0.717, 1.165) is 16.8 Å². The lowest BCUT2D eigenvalue weighted by Crippen LogP contribution is -2.41. The summed E-state index contributed by atoms with van der Waals surface area (Å²) in [5.41, 5.74) is 2.84. The molecule has 6 heteroatoms. The lowest BCUT2D eigenvalue weighted by atomic mass is 10.0. The first-order chi connectivity index (χ1) is 9.97. The van der Waals surface area contributed by atoms with Crippen LogP contribution in [0.15, 0.2) is 36.5 Å². The van der Waals surface area contributed by atoms with Gasteiger partial charge >= 0.3 is 5.97 Å². The second-order valence-electron chi connectivity index (χ2n) is 4.83. The Balaban J connectivity index is 2.13. The minimum atomic E-state index is -1.04. The number of nitrogens with zero attached hydrogens (tertiary/aromatic N) is 2. The molecule has 2 rings (SSSR count). The smallest absolute Gasteiger partial charge is 0.326 e. The van der Waals surface area contributed by atoms with Crippen molar-refractivity contribution >= 4 is 11.9 Å². The van der Waals surface area contributed by atoms with Crippen molar-refractivity contribution in [1.29, 1.82) is 0 Å². The van der Waals surface area contributed by atoms with Crippen LogP contribution in [0.1, 0.15) is 12.5 Å². The number of aromatic nitrogens is 2. The summed E-state index contributed by atoms with van der Waals surface area (Å²) in [7, 11) is 1.86. The molecule has 2 N–H and O–H groups in total. The Morgan fingerprint density at radius 1 is 1.29 bits per heavy atom. The van der Waals surface area contributed by atoms with E-state index in [1.54, 1.807) is 10.9 Å². The number of hydrogen-bond donors (Lipinski definition) is 2. The van der Waals surface area contributed by atoms with Gasteiger partial charge in [-0.25, -0.2) is 4.79 Å². The highest BCUT2D eigenvalue weighted by atomic mass is 16.4. The predicted molar refractivity (Wildman–Crippen MR) is 77.6 cm³/mol. The molecule has 0 radical (unpaired) electrons. The molecule has 0 saturated carbocycles. The lowest BCUT2D eigenvalue weighted by molar-refractivity contribution is -0.141. The Hall–Kier alpha value is -2.63. The van der Waals surface area contributed by atoms with Gasteiger partial charge in [-0.2, -0.15) is 5.10 Å². The predicted octanol–water partition coefficient (Wildman–Crippen LogP) is 1.22. The van der Waals surface area contributed by atoms with E-state index in [1.165, 1.54) is 6.92 Å². The van der Waals surface area contributed by atoms with Crippen LogP contribution in [-0.4, -0.2) is 32.8 Å². The second-order valence-corrected chi connectivity index (χ2v) is 4.83. The summed E-state index contributed by atoms with van der Waals surface area (Å²) < 4.78 is 1.77. The molecule has 110 valence electrons. The van der Waals surface area contributed by atoms with Gasteiger partial charge in [0.1, 0.15) is 6.04 Å². The number of amides is 1. The fourth-order valence-corrected chi connectivity index (χ4v) is 2.15. The van der Waals surface area contributed by atoms with Gasteiger partial charge in [-0.05, 0) is 17.2 Å². The van der Waals surface area contributed by atoms with Gasteiger partial charge in [-0.15, -0.1) is 0 Å². The van der Waals surface area contributed by atoms with E-state index in [9.17, 15) is 9.59 Å². The number of nitrogens with one attached hydrogen (secondary N) is 1. The minimum Gasteiger partial charge on any atom is -0.480 e. The maximum Gasteiger partial charge on any atom is 0.326 e. The Morgan fingerprint density at radius 2 is 1.95 bits per heavy atom. The second kappa shape index (κ2) is 6.21. The molecule has 6 nitrogen and oxygen atoms in total. The van der Waals surface area contributed by atoms with Crippen LogP contribution in [0.2, 0.25) is 0 Å². The third-order valence-corrected chi connectivity index (χ3v) is 3.19. The van der Waals surface area contributed by atoms with E-state index in [2.05, 4.69) is 10.4 Å². The van der Waals surface area contributed by atoms with Crippen LogP contribution in [0.25, 0.3) is 11.3 Å². The van der Waals surface area contributed by atoms with Crippen LogP contribution in [0, 0.1) is 0 Å². The third kappa shape index (κ3) is 3.68. The molecule has 1 atom stereocenters. The Morgan fingerprint density at radius 3 is 2.43 bits per heavy atom. The van der Waals surface area contributed by atoms with Gasteiger partial charge in [-0.3, -0.25) is 9.48 Å². The summed E-state index contributed by atoms with van der Waals surface area (Å²) in [5, 5.41) is 15.6. The number of carbonyl (C=O) groups excluding carboxylic acids is 1. The molecule has 0 aliphatic heterocycles. The van der Waals surface area contributed by atoms with Crippen molar-refractivity contribution in [3.05, 3.63) is 42.1 Å². The first-order valence-electron chi connectivity index (χ1n) is 6.54. The van der Waals surface area contributed by atoms with Crippen molar-refractivity contribution in [2.75, 3.05) is 0 Å². The molecule has 0 spiro atoms. The molecule has 1 aromatic carbocycles. The number of rotatable bonds is 5. The topological polar surface area (TPSA) is 84.2 Å². The summed E-state index contributed by atoms with van der Waals surface area (Å²) in [5.74, 6) is -1.39. The molecule has 1 aromatic heterocycles. The van der Waals surface area contributed by atoms with Crippen molar-refractivity contribution in [3.63, 3.8) is 0 Å². The summed E-state index contributed by atoms with van der Waals surface area (Å²) in [6.07, 6.45) is 1.97. The zero-order chi connectivity index (χ0) is 15.4. The molecule has 0 aliphatic rings. The molecular weight excluding hydrogens is 270 g/mol. The molecule has 21 heavy (non-hydrogen) atoms. The summed E-state index contributed by atoms with van der Waals surface area (Å²) >= 11 is 0. The fraction of sp³-hybridized carbons (Fsp3) is 0.267. The Bertz CT molecular complexity index is 646.